The fourth-order valence-electron chi connectivity index (χ4n) is 1.92. The zero-order valence-corrected chi connectivity index (χ0v) is 14.7. The first-order chi connectivity index (χ1) is 11.6. The number of nitrogens with zero attached hydrogens (tertiary/aromatic N) is 1. The van der Waals surface area contributed by atoms with Gasteiger partial charge in [-0.2, -0.15) is 0 Å². The van der Waals surface area contributed by atoms with Gasteiger partial charge in [0.2, 0.25) is 0 Å². The number of nitrogens with one attached hydrogen (secondary N) is 1. The van der Waals surface area contributed by atoms with Gasteiger partial charge in [0.05, 0.1) is 14.9 Å². The minimum atomic E-state index is -0.223. The smallest absolute Gasteiger partial charge is 0.266 e. The van der Waals surface area contributed by atoms with Gasteiger partial charge in [-0.1, -0.05) is 35.3 Å². The highest BCUT2D eigenvalue weighted by atomic mass is 35.5. The van der Waals surface area contributed by atoms with Crippen molar-refractivity contribution in [3.8, 4) is 5.75 Å². The number of aromatic nitrogens is 1. The lowest BCUT2D eigenvalue weighted by Gasteiger charge is -2.06. The van der Waals surface area contributed by atoms with Crippen LogP contribution >= 0.6 is 34.5 Å². The van der Waals surface area contributed by atoms with Gasteiger partial charge >= 0.3 is 0 Å². The van der Waals surface area contributed by atoms with Crippen LogP contribution in [0.15, 0.2) is 54.0 Å². The van der Waals surface area contributed by atoms with Crippen LogP contribution in [0.5, 0.6) is 5.75 Å². The Morgan fingerprint density at radius 3 is 2.79 bits per heavy atom. The third-order valence-electron chi connectivity index (χ3n) is 3.08. The molecular weight excluding hydrogens is 367 g/mol. The van der Waals surface area contributed by atoms with Gasteiger partial charge in [-0.05, 0) is 35.7 Å². The average molecular weight is 379 g/mol. The van der Waals surface area contributed by atoms with E-state index in [0.717, 1.165) is 5.56 Å². The molecule has 1 N–H and O–H groups in total. The van der Waals surface area contributed by atoms with E-state index in [-0.39, 0.29) is 5.91 Å². The molecule has 0 aliphatic rings. The predicted molar refractivity (Wildman–Crippen MR) is 97.3 cm³/mol. The van der Waals surface area contributed by atoms with E-state index in [0.29, 0.717) is 33.1 Å². The van der Waals surface area contributed by atoms with E-state index in [1.165, 1.54) is 17.5 Å². The normalized spacial score (nSPS) is 10.4. The lowest BCUT2D eigenvalue weighted by atomic mass is 10.3. The Bertz CT molecular complexity index is 850. The molecule has 7 heteroatoms. The van der Waals surface area contributed by atoms with Gasteiger partial charge < -0.3 is 10.1 Å². The van der Waals surface area contributed by atoms with Crippen LogP contribution in [0.3, 0.4) is 0 Å². The minimum Gasteiger partial charge on any atom is -0.487 e. The lowest BCUT2D eigenvalue weighted by molar-refractivity contribution is 0.103. The second-order valence-corrected chi connectivity index (χ2v) is 6.61. The highest BCUT2D eigenvalue weighted by molar-refractivity contribution is 7.12. The minimum absolute atomic E-state index is 0.223. The van der Waals surface area contributed by atoms with E-state index in [1.54, 1.807) is 30.3 Å². The fraction of sp³-hybridized carbons (Fsp3) is 0.0588. The van der Waals surface area contributed by atoms with E-state index in [2.05, 4.69) is 10.3 Å². The summed E-state index contributed by atoms with van der Waals surface area (Å²) < 4.78 is 5.66. The van der Waals surface area contributed by atoms with Crippen LogP contribution in [-0.2, 0) is 6.61 Å². The van der Waals surface area contributed by atoms with E-state index >= 15 is 0 Å². The van der Waals surface area contributed by atoms with E-state index < -0.39 is 0 Å². The number of hydrogen-bond acceptors (Lipinski definition) is 4. The predicted octanol–water partition coefficient (Wildman–Crippen LogP) is 5.28. The van der Waals surface area contributed by atoms with Crippen LogP contribution in [-0.4, -0.2) is 10.9 Å². The topological polar surface area (TPSA) is 51.2 Å². The number of thiophene rings is 1. The highest BCUT2D eigenvalue weighted by Crippen LogP contribution is 2.25. The highest BCUT2D eigenvalue weighted by Gasteiger charge is 2.11. The molecule has 2 aromatic heterocycles. The quantitative estimate of drug-likeness (QED) is 0.656. The molecule has 0 spiro atoms. The van der Waals surface area contributed by atoms with E-state index in [1.807, 2.05) is 17.5 Å². The number of anilines is 1. The van der Waals surface area contributed by atoms with Gasteiger partial charge in [-0.3, -0.25) is 4.79 Å². The van der Waals surface area contributed by atoms with Gasteiger partial charge in [0.25, 0.3) is 5.91 Å². The summed E-state index contributed by atoms with van der Waals surface area (Å²) in [7, 11) is 0. The third kappa shape index (κ3) is 4.26. The second kappa shape index (κ2) is 7.66. The molecular formula is C17H12Cl2N2O2S. The van der Waals surface area contributed by atoms with Gasteiger partial charge in [0.15, 0.2) is 0 Å². The molecule has 24 heavy (non-hydrogen) atoms. The van der Waals surface area contributed by atoms with Crippen molar-refractivity contribution in [2.45, 2.75) is 6.61 Å². The Hall–Kier alpha value is -2.08. The molecule has 0 unspecified atom stereocenters. The van der Waals surface area contributed by atoms with Crippen LogP contribution in [0.25, 0.3) is 0 Å². The first-order valence-electron chi connectivity index (χ1n) is 6.99. The van der Waals surface area contributed by atoms with Crippen molar-refractivity contribution in [1.29, 1.82) is 0 Å². The van der Waals surface area contributed by atoms with Crippen molar-refractivity contribution >= 4 is 46.3 Å². The van der Waals surface area contributed by atoms with E-state index in [9.17, 15) is 4.79 Å². The van der Waals surface area contributed by atoms with Crippen molar-refractivity contribution < 1.29 is 9.53 Å². The number of ether oxygens (including phenoxy) is 1. The van der Waals surface area contributed by atoms with Crippen molar-refractivity contribution in [3.63, 3.8) is 0 Å². The fourth-order valence-corrected chi connectivity index (χ4v) is 3.01. The SMILES string of the molecule is O=C(Nc1ccc(Cl)cn1)c1cc(COc2ccccc2Cl)cs1. The monoisotopic (exact) mass is 378 g/mol. The molecule has 1 amide bonds. The van der Waals surface area contributed by atoms with Crippen LogP contribution in [0, 0.1) is 0 Å². The molecule has 2 heterocycles. The standard InChI is InChI=1S/C17H12Cl2N2O2S/c18-12-5-6-16(20-8-12)21-17(22)15-7-11(10-24-15)9-23-14-4-2-1-3-13(14)19/h1-8,10H,9H2,(H,20,21,22). The molecule has 122 valence electrons. The molecule has 3 rings (SSSR count). The molecule has 0 radical (unpaired) electrons. The maximum atomic E-state index is 12.2. The number of para-hydroxylation sites is 1. The van der Waals surface area contributed by atoms with Gasteiger partial charge in [0.1, 0.15) is 18.2 Å². The average Bonchev–Trinajstić information content (AvgIpc) is 3.05. The number of hydrogen-bond donors (Lipinski definition) is 1. The summed E-state index contributed by atoms with van der Waals surface area (Å²) in [6.45, 7) is 0.340. The van der Waals surface area contributed by atoms with E-state index in [4.69, 9.17) is 27.9 Å². The Morgan fingerprint density at radius 1 is 1.21 bits per heavy atom. The number of pyridine rings is 1. The maximum Gasteiger partial charge on any atom is 0.266 e. The first kappa shape index (κ1) is 16.8. The molecule has 3 aromatic rings. The van der Waals surface area contributed by atoms with Crippen molar-refractivity contribution in [2.75, 3.05) is 5.32 Å². The van der Waals surface area contributed by atoms with Crippen LogP contribution in [0.4, 0.5) is 5.82 Å². The Balaban J connectivity index is 1.61. The number of benzene rings is 1. The zero-order valence-electron chi connectivity index (χ0n) is 12.3. The summed E-state index contributed by atoms with van der Waals surface area (Å²) in [5.41, 5.74) is 0.897. The summed E-state index contributed by atoms with van der Waals surface area (Å²) >= 11 is 13.2. The Labute approximate surface area is 153 Å². The van der Waals surface area contributed by atoms with Gasteiger partial charge in [-0.15, -0.1) is 11.3 Å². The first-order valence-corrected chi connectivity index (χ1v) is 8.63. The van der Waals surface area contributed by atoms with Gasteiger partial charge in [-0.25, -0.2) is 4.98 Å². The number of carbonyl (C=O) groups excluding carboxylic acids is 1. The molecule has 0 atom stereocenters. The molecule has 1 aromatic carbocycles. The summed E-state index contributed by atoms with van der Waals surface area (Å²) in [6.07, 6.45) is 1.48. The Morgan fingerprint density at radius 2 is 2.04 bits per heavy atom. The molecule has 0 aliphatic heterocycles. The van der Waals surface area contributed by atoms with Crippen LogP contribution in [0.1, 0.15) is 15.2 Å². The van der Waals surface area contributed by atoms with Crippen molar-refractivity contribution in [3.05, 3.63) is 74.5 Å². The van der Waals surface area contributed by atoms with Crippen molar-refractivity contribution in [2.24, 2.45) is 0 Å². The third-order valence-corrected chi connectivity index (χ3v) is 4.59. The van der Waals surface area contributed by atoms with Crippen LogP contribution in [0.2, 0.25) is 10.0 Å². The summed E-state index contributed by atoms with van der Waals surface area (Å²) in [6, 6.07) is 12.4. The molecule has 0 bridgehead atoms. The molecule has 4 nitrogen and oxygen atoms in total. The largest absolute Gasteiger partial charge is 0.487 e. The second-order valence-electron chi connectivity index (χ2n) is 4.85. The lowest BCUT2D eigenvalue weighted by Crippen LogP contribution is -2.11. The summed E-state index contributed by atoms with van der Waals surface area (Å²) in [5, 5.41) is 5.67. The maximum absolute atomic E-state index is 12.2. The molecule has 0 aliphatic carbocycles. The zero-order chi connectivity index (χ0) is 16.9. The van der Waals surface area contributed by atoms with Gasteiger partial charge in [0, 0.05) is 11.8 Å². The molecule has 0 fully saturated rings. The molecule has 0 saturated heterocycles. The van der Waals surface area contributed by atoms with Crippen molar-refractivity contribution in [1.82, 2.24) is 4.98 Å². The summed E-state index contributed by atoms with van der Waals surface area (Å²) in [4.78, 5) is 16.8. The Kier molecular flexibility index (Phi) is 5.35. The number of carbonyl (C=O) groups is 1. The summed E-state index contributed by atoms with van der Waals surface area (Å²) in [5.74, 6) is 0.840. The van der Waals surface area contributed by atoms with Crippen LogP contribution < -0.4 is 10.1 Å². The molecule has 0 saturated carbocycles. The number of rotatable bonds is 5. The number of halogens is 2. The number of amides is 1.